The zero-order chi connectivity index (χ0) is 13.8. The molecule has 0 spiro atoms. The molecule has 2 heterocycles. The van der Waals surface area contributed by atoms with Gasteiger partial charge in [-0.15, -0.1) is 10.2 Å². The van der Waals surface area contributed by atoms with Gasteiger partial charge >= 0.3 is 5.97 Å². The van der Waals surface area contributed by atoms with Crippen LogP contribution in [0.5, 0.6) is 0 Å². The van der Waals surface area contributed by atoms with Crippen LogP contribution in [-0.2, 0) is 33.8 Å². The number of carbonyl (C=O) groups excluding carboxylic acids is 1. The number of carbonyl (C=O) groups is 2. The largest absolute Gasteiger partial charge is 0.480 e. The number of ether oxygens (including phenoxy) is 1. The summed E-state index contributed by atoms with van der Waals surface area (Å²) >= 11 is 0. The van der Waals surface area contributed by atoms with Crippen LogP contribution in [0, 0.1) is 0 Å². The van der Waals surface area contributed by atoms with Gasteiger partial charge in [0.25, 0.3) is 0 Å². The van der Waals surface area contributed by atoms with E-state index in [9.17, 15) is 9.59 Å². The Labute approximate surface area is 110 Å². The Bertz CT molecular complexity index is 485. The number of fused-ring (bicyclic) bond motifs is 1. The summed E-state index contributed by atoms with van der Waals surface area (Å²) in [6, 6.07) is 0. The van der Waals surface area contributed by atoms with Crippen molar-refractivity contribution in [1.29, 1.82) is 0 Å². The van der Waals surface area contributed by atoms with Crippen molar-refractivity contribution in [3.63, 3.8) is 0 Å². The van der Waals surface area contributed by atoms with Gasteiger partial charge in [-0.1, -0.05) is 0 Å². The fraction of sp³-hybridized carbons (Fsp3) is 0.636. The van der Waals surface area contributed by atoms with Crippen molar-refractivity contribution in [3.8, 4) is 0 Å². The van der Waals surface area contributed by atoms with Crippen LogP contribution in [-0.4, -0.2) is 56.9 Å². The highest BCUT2D eigenvalue weighted by Crippen LogP contribution is 2.14. The lowest BCUT2D eigenvalue weighted by atomic mass is 10.4. The number of hydrogen-bond acceptors (Lipinski definition) is 5. The van der Waals surface area contributed by atoms with Gasteiger partial charge in [-0.25, -0.2) is 4.79 Å². The molecule has 0 saturated heterocycles. The van der Waals surface area contributed by atoms with Gasteiger partial charge in [0.05, 0.1) is 6.54 Å². The van der Waals surface area contributed by atoms with Crippen LogP contribution in [0.25, 0.3) is 0 Å². The number of aromatic nitrogens is 3. The summed E-state index contributed by atoms with van der Waals surface area (Å²) in [5, 5.41) is 16.5. The summed E-state index contributed by atoms with van der Waals surface area (Å²) < 4.78 is 6.77. The highest BCUT2D eigenvalue weighted by Gasteiger charge is 2.19. The second-order valence-corrected chi connectivity index (χ2v) is 4.42. The number of rotatable bonds is 6. The monoisotopic (exact) mass is 268 g/mol. The zero-order valence-electron chi connectivity index (χ0n) is 10.7. The molecule has 104 valence electrons. The molecule has 0 radical (unpaired) electrons. The van der Waals surface area contributed by atoms with Gasteiger partial charge in [0, 0.05) is 20.0 Å². The molecule has 1 aromatic heterocycles. The van der Waals surface area contributed by atoms with Gasteiger partial charge in [0.1, 0.15) is 19.0 Å². The normalized spacial score (nSPS) is 13.3. The van der Waals surface area contributed by atoms with Crippen molar-refractivity contribution in [2.24, 2.45) is 0 Å². The van der Waals surface area contributed by atoms with Crippen LogP contribution >= 0.6 is 0 Å². The van der Waals surface area contributed by atoms with Crippen molar-refractivity contribution in [3.05, 3.63) is 11.6 Å². The van der Waals surface area contributed by atoms with E-state index in [2.05, 4.69) is 10.2 Å². The molecule has 2 rings (SSSR count). The molecule has 8 heteroatoms. The number of nitrogens with zero attached hydrogens (tertiary/aromatic N) is 4. The second-order valence-electron chi connectivity index (χ2n) is 4.42. The third-order valence-electron chi connectivity index (χ3n) is 2.94. The van der Waals surface area contributed by atoms with E-state index in [0.29, 0.717) is 6.54 Å². The van der Waals surface area contributed by atoms with E-state index in [1.165, 1.54) is 4.90 Å². The first-order valence-electron chi connectivity index (χ1n) is 6.02. The molecule has 0 saturated carbocycles. The molecule has 0 unspecified atom stereocenters. The number of carboxylic acid groups (broad SMARTS) is 1. The Morgan fingerprint density at radius 1 is 1.42 bits per heavy atom. The van der Waals surface area contributed by atoms with Gasteiger partial charge in [-0.05, 0) is 6.42 Å². The third kappa shape index (κ3) is 3.28. The lowest BCUT2D eigenvalue weighted by Gasteiger charge is -2.16. The summed E-state index contributed by atoms with van der Waals surface area (Å²) in [5.74, 6) is 0.335. The summed E-state index contributed by atoms with van der Waals surface area (Å²) in [6.45, 7) is 0.515. The lowest BCUT2D eigenvalue weighted by Crippen LogP contribution is -2.31. The predicted octanol–water partition coefficient (Wildman–Crippen LogP) is -0.716. The minimum Gasteiger partial charge on any atom is -0.480 e. The van der Waals surface area contributed by atoms with E-state index in [1.807, 2.05) is 4.57 Å². The lowest BCUT2D eigenvalue weighted by molar-refractivity contribution is -0.145. The molecule has 0 aliphatic carbocycles. The van der Waals surface area contributed by atoms with Gasteiger partial charge < -0.3 is 19.3 Å². The van der Waals surface area contributed by atoms with E-state index in [1.54, 1.807) is 7.05 Å². The Morgan fingerprint density at radius 2 is 2.21 bits per heavy atom. The number of aryl methyl sites for hydroxylation is 1. The van der Waals surface area contributed by atoms with Crippen molar-refractivity contribution >= 4 is 11.9 Å². The standard InChI is InChI=1S/C11H16N4O4/c1-14(10(16)6-19-7-11(17)18)5-9-13-12-8-3-2-4-15(8)9/h2-7H2,1H3,(H,17,18). The topological polar surface area (TPSA) is 97.5 Å². The Balaban J connectivity index is 1.84. The third-order valence-corrected chi connectivity index (χ3v) is 2.94. The van der Waals surface area contributed by atoms with Crippen molar-refractivity contribution in [1.82, 2.24) is 19.7 Å². The highest BCUT2D eigenvalue weighted by atomic mass is 16.5. The molecule has 1 aliphatic rings. The molecule has 0 bridgehead atoms. The minimum atomic E-state index is -1.09. The van der Waals surface area contributed by atoms with Crippen LogP contribution in [0.2, 0.25) is 0 Å². The Kier molecular flexibility index (Phi) is 4.10. The van der Waals surface area contributed by atoms with Crippen molar-refractivity contribution < 1.29 is 19.4 Å². The van der Waals surface area contributed by atoms with Crippen LogP contribution < -0.4 is 0 Å². The Hall–Kier alpha value is -1.96. The van der Waals surface area contributed by atoms with Gasteiger partial charge in [0.2, 0.25) is 5.91 Å². The van der Waals surface area contributed by atoms with Crippen LogP contribution in [0.15, 0.2) is 0 Å². The number of carboxylic acids is 1. The van der Waals surface area contributed by atoms with E-state index >= 15 is 0 Å². The van der Waals surface area contributed by atoms with Gasteiger partial charge in [0.15, 0.2) is 5.82 Å². The maximum atomic E-state index is 11.7. The molecule has 8 nitrogen and oxygen atoms in total. The van der Waals surface area contributed by atoms with Crippen LogP contribution in [0.3, 0.4) is 0 Å². The molecule has 19 heavy (non-hydrogen) atoms. The van der Waals surface area contributed by atoms with Gasteiger partial charge in [-0.2, -0.15) is 0 Å². The molecule has 0 aromatic carbocycles. The first kappa shape index (κ1) is 13.5. The van der Waals surface area contributed by atoms with E-state index in [-0.39, 0.29) is 12.5 Å². The number of hydrogen-bond donors (Lipinski definition) is 1. The number of likely N-dealkylation sites (N-methyl/N-ethyl adjacent to an activating group) is 1. The quantitative estimate of drug-likeness (QED) is 0.731. The molecular weight excluding hydrogens is 252 g/mol. The van der Waals surface area contributed by atoms with Gasteiger partial charge in [-0.3, -0.25) is 4.79 Å². The molecule has 1 aliphatic heterocycles. The van der Waals surface area contributed by atoms with E-state index in [4.69, 9.17) is 9.84 Å². The molecule has 1 aromatic rings. The van der Waals surface area contributed by atoms with Crippen LogP contribution in [0.1, 0.15) is 18.1 Å². The first-order chi connectivity index (χ1) is 9.08. The summed E-state index contributed by atoms with van der Waals surface area (Å²) in [5.41, 5.74) is 0. The zero-order valence-corrected chi connectivity index (χ0v) is 10.7. The molecule has 1 N–H and O–H groups in total. The maximum Gasteiger partial charge on any atom is 0.329 e. The molecule has 0 atom stereocenters. The fourth-order valence-electron chi connectivity index (χ4n) is 1.96. The summed E-state index contributed by atoms with van der Waals surface area (Å²) in [6.07, 6.45) is 1.98. The SMILES string of the molecule is CN(Cc1nnc2n1CCC2)C(=O)COCC(=O)O. The average Bonchev–Trinajstić information content (AvgIpc) is 2.93. The Morgan fingerprint density at radius 3 is 2.95 bits per heavy atom. The van der Waals surface area contributed by atoms with Crippen molar-refractivity contribution in [2.45, 2.75) is 25.9 Å². The minimum absolute atomic E-state index is 0.246. The number of aliphatic carboxylic acids is 1. The molecular formula is C11H16N4O4. The van der Waals surface area contributed by atoms with E-state index < -0.39 is 12.6 Å². The maximum absolute atomic E-state index is 11.7. The second kappa shape index (κ2) is 5.79. The summed E-state index contributed by atoms with van der Waals surface area (Å²) in [4.78, 5) is 23.4. The number of amides is 1. The van der Waals surface area contributed by atoms with Crippen LogP contribution in [0.4, 0.5) is 0 Å². The molecule has 0 fully saturated rings. The predicted molar refractivity (Wildman–Crippen MR) is 63.3 cm³/mol. The van der Waals surface area contributed by atoms with E-state index in [0.717, 1.165) is 31.0 Å². The summed E-state index contributed by atoms with van der Waals surface area (Å²) in [7, 11) is 1.63. The first-order valence-corrected chi connectivity index (χ1v) is 6.02. The fourth-order valence-corrected chi connectivity index (χ4v) is 1.96. The molecule has 1 amide bonds. The smallest absolute Gasteiger partial charge is 0.329 e. The average molecular weight is 268 g/mol. The highest BCUT2D eigenvalue weighted by molar-refractivity contribution is 5.77. The van der Waals surface area contributed by atoms with Crippen molar-refractivity contribution in [2.75, 3.05) is 20.3 Å².